The first-order chi connectivity index (χ1) is 17.6. The highest BCUT2D eigenvalue weighted by atomic mass is 16.5. The second-order valence-corrected chi connectivity index (χ2v) is 10.3. The van der Waals surface area contributed by atoms with Crippen LogP contribution in [0.4, 0.5) is 5.95 Å². The summed E-state index contributed by atoms with van der Waals surface area (Å²) in [4.78, 5) is 7.11. The van der Waals surface area contributed by atoms with Crippen molar-refractivity contribution in [3.63, 3.8) is 0 Å². The van der Waals surface area contributed by atoms with E-state index in [4.69, 9.17) is 14.6 Å². The maximum Gasteiger partial charge on any atom is 0.241 e. The van der Waals surface area contributed by atoms with Gasteiger partial charge in [0.2, 0.25) is 5.95 Å². The van der Waals surface area contributed by atoms with Gasteiger partial charge in [0.1, 0.15) is 0 Å². The Morgan fingerprint density at radius 2 is 1.89 bits per heavy atom. The van der Waals surface area contributed by atoms with Crippen LogP contribution in [0.25, 0.3) is 16.6 Å². The normalized spacial score (nSPS) is 22.1. The van der Waals surface area contributed by atoms with Gasteiger partial charge in [-0.15, -0.1) is 5.10 Å². The van der Waals surface area contributed by atoms with Gasteiger partial charge in [0.05, 0.1) is 31.0 Å². The van der Waals surface area contributed by atoms with E-state index in [-0.39, 0.29) is 12.1 Å². The van der Waals surface area contributed by atoms with Crippen LogP contribution in [0.2, 0.25) is 0 Å². The number of fused-ring (bicyclic) bond motifs is 1. The lowest BCUT2D eigenvalue weighted by atomic mass is 9.85. The molecule has 5 rings (SSSR count). The van der Waals surface area contributed by atoms with E-state index in [1.54, 1.807) is 7.11 Å². The lowest BCUT2D eigenvalue weighted by Crippen LogP contribution is -2.35. The number of morpholine rings is 1. The van der Waals surface area contributed by atoms with Crippen LogP contribution >= 0.6 is 0 Å². The van der Waals surface area contributed by atoms with Gasteiger partial charge in [-0.3, -0.25) is 4.90 Å². The van der Waals surface area contributed by atoms with Crippen molar-refractivity contribution >= 4 is 11.5 Å². The average Bonchev–Trinajstić information content (AvgIpc) is 3.28. The van der Waals surface area contributed by atoms with Crippen molar-refractivity contribution in [2.45, 2.75) is 63.6 Å². The molecule has 0 radical (unpaired) electrons. The summed E-state index contributed by atoms with van der Waals surface area (Å²) in [6, 6.07) is 11.4. The lowest BCUT2D eigenvalue weighted by molar-refractivity contribution is 0.0342. The van der Waals surface area contributed by atoms with E-state index in [1.165, 1.54) is 16.8 Å². The average molecular weight is 494 g/mol. The Hall–Kier alpha value is -2.52. The summed E-state index contributed by atoms with van der Waals surface area (Å²) in [5.41, 5.74) is 5.89. The molecule has 1 aliphatic carbocycles. The van der Waals surface area contributed by atoms with E-state index in [9.17, 15) is 5.11 Å². The molecule has 3 heterocycles. The molecular weight excluding hydrogens is 454 g/mol. The van der Waals surface area contributed by atoms with Crippen molar-refractivity contribution in [1.29, 1.82) is 0 Å². The number of aliphatic hydroxyl groups excluding tert-OH is 1. The second-order valence-electron chi connectivity index (χ2n) is 10.3. The smallest absolute Gasteiger partial charge is 0.241 e. The third-order valence-electron chi connectivity index (χ3n) is 7.57. The summed E-state index contributed by atoms with van der Waals surface area (Å²) in [6.45, 7) is 7.38. The molecule has 3 aromatic rings. The minimum Gasteiger partial charge on any atom is -0.393 e. The topological polar surface area (TPSA) is 84.2 Å². The minimum absolute atomic E-state index is 0.181. The van der Waals surface area contributed by atoms with E-state index in [0.29, 0.717) is 18.5 Å². The van der Waals surface area contributed by atoms with Gasteiger partial charge in [0.15, 0.2) is 0 Å². The van der Waals surface area contributed by atoms with E-state index >= 15 is 0 Å². The molecule has 2 aliphatic rings. The van der Waals surface area contributed by atoms with Gasteiger partial charge in [0, 0.05) is 56.6 Å². The minimum atomic E-state index is -0.181. The van der Waals surface area contributed by atoms with Crippen molar-refractivity contribution in [2.75, 3.05) is 45.3 Å². The van der Waals surface area contributed by atoms with E-state index in [0.717, 1.165) is 76.0 Å². The first kappa shape index (κ1) is 25.1. The summed E-state index contributed by atoms with van der Waals surface area (Å²) in [5, 5.41) is 18.4. The van der Waals surface area contributed by atoms with Gasteiger partial charge in [-0.2, -0.15) is 0 Å². The van der Waals surface area contributed by atoms with E-state index in [2.05, 4.69) is 57.0 Å². The molecule has 1 aliphatic heterocycles. The standard InChI is InChI=1S/C28H39N5O3/c1-20(11-14-35-2)30-28-29-18-27-25(17-26(33(27)31-28)23-7-9-24(34)10-8-23)22-5-3-21(4-6-22)19-32-12-15-36-16-13-32/h3-6,17-18,20,23-24,34H,7-16,19H2,1-2H3,(H,30,31)/t20-,23-,24-/m1/s1. The van der Waals surface area contributed by atoms with Gasteiger partial charge in [-0.05, 0) is 56.2 Å². The number of ether oxygens (including phenoxy) is 2. The molecule has 0 bridgehead atoms. The molecular formula is C28H39N5O3. The predicted molar refractivity (Wildman–Crippen MR) is 141 cm³/mol. The maximum atomic E-state index is 10.1. The second kappa shape index (κ2) is 11.7. The number of methoxy groups -OCH3 is 1. The molecule has 0 amide bonds. The summed E-state index contributed by atoms with van der Waals surface area (Å²) in [6.07, 6.45) is 6.28. The van der Waals surface area contributed by atoms with Crippen molar-refractivity contribution in [3.05, 3.63) is 47.8 Å². The molecule has 0 spiro atoms. The number of nitrogens with one attached hydrogen (secondary N) is 1. The zero-order chi connectivity index (χ0) is 24.9. The molecule has 8 heteroatoms. The Labute approximate surface area is 213 Å². The van der Waals surface area contributed by atoms with Gasteiger partial charge in [-0.1, -0.05) is 24.3 Å². The number of aromatic nitrogens is 3. The monoisotopic (exact) mass is 493 g/mol. The Morgan fingerprint density at radius 3 is 2.61 bits per heavy atom. The number of hydrogen-bond acceptors (Lipinski definition) is 7. The molecule has 194 valence electrons. The highest BCUT2D eigenvalue weighted by molar-refractivity contribution is 5.81. The SMILES string of the molecule is COCC[C@@H](C)Nc1ncc2c(-c3ccc(CN4CCOCC4)cc3)cc([C@H]3CC[C@H](O)CC3)n2n1. The van der Waals surface area contributed by atoms with Crippen LogP contribution in [0.3, 0.4) is 0 Å². The van der Waals surface area contributed by atoms with Gasteiger partial charge >= 0.3 is 0 Å². The Kier molecular flexibility index (Phi) is 8.16. The zero-order valence-electron chi connectivity index (χ0n) is 21.5. The fourth-order valence-electron chi connectivity index (χ4n) is 5.37. The van der Waals surface area contributed by atoms with Crippen molar-refractivity contribution in [2.24, 2.45) is 0 Å². The van der Waals surface area contributed by atoms with Crippen LogP contribution in [0.5, 0.6) is 0 Å². The first-order valence-electron chi connectivity index (χ1n) is 13.3. The number of nitrogens with zero attached hydrogens (tertiary/aromatic N) is 4. The van der Waals surface area contributed by atoms with E-state index in [1.807, 2.05) is 6.20 Å². The molecule has 0 unspecified atom stereocenters. The number of hydrogen-bond donors (Lipinski definition) is 2. The molecule has 1 aromatic carbocycles. The number of anilines is 1. The molecule has 1 atom stereocenters. The quantitative estimate of drug-likeness (QED) is 0.465. The summed E-state index contributed by atoms with van der Waals surface area (Å²) in [7, 11) is 1.72. The molecule has 2 N–H and O–H groups in total. The van der Waals surface area contributed by atoms with Gasteiger partial charge < -0.3 is 19.9 Å². The fourth-order valence-corrected chi connectivity index (χ4v) is 5.37. The van der Waals surface area contributed by atoms with Crippen LogP contribution in [0.15, 0.2) is 36.5 Å². The highest BCUT2D eigenvalue weighted by Gasteiger charge is 2.25. The number of aliphatic hydroxyl groups is 1. The Balaban J connectivity index is 1.43. The maximum absolute atomic E-state index is 10.1. The van der Waals surface area contributed by atoms with Gasteiger partial charge in [-0.25, -0.2) is 9.50 Å². The first-order valence-corrected chi connectivity index (χ1v) is 13.3. The van der Waals surface area contributed by atoms with Crippen molar-refractivity contribution in [1.82, 2.24) is 19.5 Å². The third kappa shape index (κ3) is 5.89. The molecule has 1 saturated carbocycles. The lowest BCUT2D eigenvalue weighted by Gasteiger charge is -2.26. The summed E-state index contributed by atoms with van der Waals surface area (Å²) >= 11 is 0. The number of rotatable bonds is 9. The fraction of sp³-hybridized carbons (Fsp3) is 0.571. The van der Waals surface area contributed by atoms with E-state index < -0.39 is 0 Å². The molecule has 36 heavy (non-hydrogen) atoms. The summed E-state index contributed by atoms with van der Waals surface area (Å²) in [5.74, 6) is 1.01. The predicted octanol–water partition coefficient (Wildman–Crippen LogP) is 4.08. The van der Waals surface area contributed by atoms with Gasteiger partial charge in [0.25, 0.3) is 0 Å². The zero-order valence-corrected chi connectivity index (χ0v) is 21.5. The highest BCUT2D eigenvalue weighted by Crippen LogP contribution is 2.37. The third-order valence-corrected chi connectivity index (χ3v) is 7.57. The van der Waals surface area contributed by atoms with Crippen LogP contribution in [-0.4, -0.2) is 76.8 Å². The summed E-state index contributed by atoms with van der Waals surface area (Å²) < 4.78 is 12.8. The molecule has 8 nitrogen and oxygen atoms in total. The molecule has 1 saturated heterocycles. The molecule has 2 fully saturated rings. The number of benzene rings is 1. The van der Waals surface area contributed by atoms with Crippen molar-refractivity contribution in [3.8, 4) is 11.1 Å². The van der Waals surface area contributed by atoms with Crippen LogP contribution in [0, 0.1) is 0 Å². The van der Waals surface area contributed by atoms with Crippen LogP contribution in [-0.2, 0) is 16.0 Å². The molecule has 2 aromatic heterocycles. The van der Waals surface area contributed by atoms with Crippen LogP contribution in [0.1, 0.15) is 56.2 Å². The Morgan fingerprint density at radius 1 is 1.14 bits per heavy atom. The van der Waals surface area contributed by atoms with Crippen LogP contribution < -0.4 is 5.32 Å². The Bertz CT molecular complexity index is 1120. The largest absolute Gasteiger partial charge is 0.393 e. The van der Waals surface area contributed by atoms with Crippen molar-refractivity contribution < 1.29 is 14.6 Å².